The zero-order chi connectivity index (χ0) is 14.7. The Labute approximate surface area is 120 Å². The average Bonchev–Trinajstić information content (AvgIpc) is 2.42. The Bertz CT molecular complexity index is 650. The third kappa shape index (κ3) is 2.80. The molecule has 20 heavy (non-hydrogen) atoms. The number of halogens is 1. The fourth-order valence-electron chi connectivity index (χ4n) is 1.78. The van der Waals surface area contributed by atoms with Crippen LogP contribution in [0.1, 0.15) is 16.8 Å². The van der Waals surface area contributed by atoms with Gasteiger partial charge in [-0.2, -0.15) is 0 Å². The lowest BCUT2D eigenvalue weighted by atomic mass is 10.1. The highest BCUT2D eigenvalue weighted by molar-refractivity contribution is 6.30. The number of oxime groups is 1. The van der Waals surface area contributed by atoms with Crippen LogP contribution in [0, 0.1) is 13.8 Å². The van der Waals surface area contributed by atoms with E-state index in [1.165, 1.54) is 12.4 Å². The molecule has 0 saturated carbocycles. The standard InChI is InChI=1S/C13H13ClN4O2/c1-7-5-9(14)6-8(2)11(7)20-13-10(12(15)18-19)16-3-4-17-13/h3-6,19H,1-2H3,(H2,15,18). The van der Waals surface area contributed by atoms with E-state index < -0.39 is 0 Å². The summed E-state index contributed by atoms with van der Waals surface area (Å²) in [5, 5.41) is 12.3. The first-order chi connectivity index (χ1) is 9.52. The van der Waals surface area contributed by atoms with Gasteiger partial charge >= 0.3 is 0 Å². The molecule has 0 aliphatic heterocycles. The molecule has 0 fully saturated rings. The van der Waals surface area contributed by atoms with Gasteiger partial charge in [0.25, 0.3) is 0 Å². The number of benzene rings is 1. The van der Waals surface area contributed by atoms with Crippen molar-refractivity contribution in [3.8, 4) is 11.6 Å². The molecule has 0 saturated heterocycles. The summed E-state index contributed by atoms with van der Waals surface area (Å²) < 4.78 is 5.74. The summed E-state index contributed by atoms with van der Waals surface area (Å²) in [6.45, 7) is 3.74. The van der Waals surface area contributed by atoms with E-state index in [-0.39, 0.29) is 17.4 Å². The summed E-state index contributed by atoms with van der Waals surface area (Å²) in [5.74, 6) is 0.607. The van der Waals surface area contributed by atoms with Crippen molar-refractivity contribution in [2.45, 2.75) is 13.8 Å². The molecule has 0 amide bonds. The van der Waals surface area contributed by atoms with Crippen molar-refractivity contribution >= 4 is 17.4 Å². The summed E-state index contributed by atoms with van der Waals surface area (Å²) in [6, 6.07) is 3.56. The monoisotopic (exact) mass is 292 g/mol. The van der Waals surface area contributed by atoms with Crippen molar-refractivity contribution in [2.75, 3.05) is 0 Å². The Morgan fingerprint density at radius 2 is 1.85 bits per heavy atom. The summed E-state index contributed by atoms with van der Waals surface area (Å²) in [7, 11) is 0. The number of aromatic nitrogens is 2. The predicted octanol–water partition coefficient (Wildman–Crippen LogP) is 2.63. The van der Waals surface area contributed by atoms with Crippen molar-refractivity contribution in [1.82, 2.24) is 9.97 Å². The summed E-state index contributed by atoms with van der Waals surface area (Å²) in [6.07, 6.45) is 2.89. The fraction of sp³-hybridized carbons (Fsp3) is 0.154. The minimum absolute atomic E-state index is 0.163. The molecule has 0 radical (unpaired) electrons. The topological polar surface area (TPSA) is 93.6 Å². The van der Waals surface area contributed by atoms with E-state index in [0.717, 1.165) is 11.1 Å². The van der Waals surface area contributed by atoms with E-state index in [0.29, 0.717) is 10.8 Å². The van der Waals surface area contributed by atoms with Gasteiger partial charge in [-0.25, -0.2) is 9.97 Å². The molecule has 0 aliphatic rings. The van der Waals surface area contributed by atoms with Gasteiger partial charge in [0.2, 0.25) is 5.88 Å². The normalized spacial score (nSPS) is 11.4. The Morgan fingerprint density at radius 3 is 2.45 bits per heavy atom. The first kappa shape index (κ1) is 14.1. The van der Waals surface area contributed by atoms with Gasteiger partial charge < -0.3 is 15.7 Å². The Kier molecular flexibility index (Phi) is 4.05. The van der Waals surface area contributed by atoms with E-state index in [1.54, 1.807) is 12.1 Å². The highest BCUT2D eigenvalue weighted by Gasteiger charge is 2.15. The number of ether oxygens (including phenoxy) is 1. The van der Waals surface area contributed by atoms with Crippen molar-refractivity contribution in [2.24, 2.45) is 10.9 Å². The third-order valence-electron chi connectivity index (χ3n) is 2.64. The largest absolute Gasteiger partial charge is 0.436 e. The molecular formula is C13H13ClN4O2. The van der Waals surface area contributed by atoms with Gasteiger partial charge in [-0.15, -0.1) is 0 Å². The van der Waals surface area contributed by atoms with Crippen LogP contribution in [0.2, 0.25) is 5.02 Å². The number of rotatable bonds is 3. The van der Waals surface area contributed by atoms with Crippen LogP contribution >= 0.6 is 11.6 Å². The maximum Gasteiger partial charge on any atom is 0.249 e. The second kappa shape index (κ2) is 5.75. The fourth-order valence-corrected chi connectivity index (χ4v) is 2.11. The molecule has 6 nitrogen and oxygen atoms in total. The third-order valence-corrected chi connectivity index (χ3v) is 2.86. The molecular weight excluding hydrogens is 280 g/mol. The summed E-state index contributed by atoms with van der Waals surface area (Å²) >= 11 is 5.97. The summed E-state index contributed by atoms with van der Waals surface area (Å²) in [4.78, 5) is 8.05. The molecule has 1 aromatic heterocycles. The lowest BCUT2D eigenvalue weighted by Gasteiger charge is -2.13. The van der Waals surface area contributed by atoms with E-state index in [4.69, 9.17) is 27.3 Å². The molecule has 2 rings (SSSR count). The van der Waals surface area contributed by atoms with Gasteiger partial charge in [0, 0.05) is 17.4 Å². The molecule has 0 spiro atoms. The van der Waals surface area contributed by atoms with Crippen LogP contribution in [-0.2, 0) is 0 Å². The van der Waals surface area contributed by atoms with E-state index >= 15 is 0 Å². The van der Waals surface area contributed by atoms with E-state index in [2.05, 4.69) is 15.1 Å². The van der Waals surface area contributed by atoms with Gasteiger partial charge in [-0.05, 0) is 37.1 Å². The van der Waals surface area contributed by atoms with Crippen LogP contribution < -0.4 is 10.5 Å². The number of nitrogens with zero attached hydrogens (tertiary/aromatic N) is 3. The Morgan fingerprint density at radius 1 is 1.25 bits per heavy atom. The second-order valence-corrected chi connectivity index (χ2v) is 4.60. The molecule has 0 bridgehead atoms. The minimum atomic E-state index is -0.169. The molecule has 3 N–H and O–H groups in total. The summed E-state index contributed by atoms with van der Waals surface area (Å²) in [5.41, 5.74) is 7.42. The molecule has 7 heteroatoms. The molecule has 2 aromatic rings. The minimum Gasteiger partial charge on any atom is -0.436 e. The van der Waals surface area contributed by atoms with Crippen LogP contribution in [0.25, 0.3) is 0 Å². The lowest BCUT2D eigenvalue weighted by molar-refractivity contribution is 0.318. The first-order valence-electron chi connectivity index (χ1n) is 5.76. The SMILES string of the molecule is Cc1cc(Cl)cc(C)c1Oc1nccnc1C(N)=NO. The zero-order valence-corrected chi connectivity index (χ0v) is 11.7. The smallest absolute Gasteiger partial charge is 0.249 e. The maximum absolute atomic E-state index is 8.75. The van der Waals surface area contributed by atoms with Crippen molar-refractivity contribution in [3.63, 3.8) is 0 Å². The van der Waals surface area contributed by atoms with Crippen molar-refractivity contribution in [3.05, 3.63) is 46.4 Å². The molecule has 1 heterocycles. The maximum atomic E-state index is 8.75. The van der Waals surface area contributed by atoms with Crippen molar-refractivity contribution < 1.29 is 9.94 Å². The van der Waals surface area contributed by atoms with Gasteiger partial charge in [0.15, 0.2) is 11.5 Å². The quantitative estimate of drug-likeness (QED) is 0.392. The zero-order valence-electron chi connectivity index (χ0n) is 11.0. The van der Waals surface area contributed by atoms with Gasteiger partial charge in [0.05, 0.1) is 0 Å². The van der Waals surface area contributed by atoms with E-state index in [9.17, 15) is 0 Å². The number of aryl methyl sites for hydroxylation is 2. The molecule has 104 valence electrons. The van der Waals surface area contributed by atoms with Gasteiger partial charge in [0.1, 0.15) is 5.75 Å². The Balaban J connectivity index is 2.46. The van der Waals surface area contributed by atoms with Crippen LogP contribution in [0.3, 0.4) is 0 Å². The highest BCUT2D eigenvalue weighted by Crippen LogP contribution is 2.31. The number of amidine groups is 1. The van der Waals surface area contributed by atoms with Crippen LogP contribution in [0.15, 0.2) is 29.7 Å². The lowest BCUT2D eigenvalue weighted by Crippen LogP contribution is -2.16. The molecule has 0 unspecified atom stereocenters. The molecule has 0 aliphatic carbocycles. The first-order valence-corrected chi connectivity index (χ1v) is 6.14. The van der Waals surface area contributed by atoms with Crippen molar-refractivity contribution in [1.29, 1.82) is 0 Å². The van der Waals surface area contributed by atoms with Crippen LogP contribution in [0.4, 0.5) is 0 Å². The Hall–Kier alpha value is -2.34. The number of hydrogen-bond acceptors (Lipinski definition) is 5. The molecule has 0 atom stereocenters. The number of nitrogens with two attached hydrogens (primary N) is 1. The van der Waals surface area contributed by atoms with Gasteiger partial charge in [-0.1, -0.05) is 16.8 Å². The van der Waals surface area contributed by atoms with Crippen LogP contribution in [-0.4, -0.2) is 21.0 Å². The van der Waals surface area contributed by atoms with Crippen LogP contribution in [0.5, 0.6) is 11.6 Å². The average molecular weight is 293 g/mol. The second-order valence-electron chi connectivity index (χ2n) is 4.17. The highest BCUT2D eigenvalue weighted by atomic mass is 35.5. The predicted molar refractivity (Wildman–Crippen MR) is 75.5 cm³/mol. The van der Waals surface area contributed by atoms with E-state index in [1.807, 2.05) is 13.8 Å². The molecule has 1 aromatic carbocycles. The number of hydrogen-bond donors (Lipinski definition) is 2. The van der Waals surface area contributed by atoms with Gasteiger partial charge in [-0.3, -0.25) is 0 Å².